The largest absolute Gasteiger partial charge is 0.416 e. The summed E-state index contributed by atoms with van der Waals surface area (Å²) in [5, 5.41) is 3.68. The van der Waals surface area contributed by atoms with Crippen molar-refractivity contribution >= 4 is 6.21 Å². The Morgan fingerprint density at radius 3 is 2.35 bits per heavy atom. The predicted molar refractivity (Wildman–Crippen MR) is 94.6 cm³/mol. The van der Waals surface area contributed by atoms with Gasteiger partial charge in [-0.25, -0.2) is 0 Å². The van der Waals surface area contributed by atoms with Crippen LogP contribution in [0.2, 0.25) is 0 Å². The molecule has 0 spiro atoms. The van der Waals surface area contributed by atoms with Gasteiger partial charge in [-0.15, -0.1) is 0 Å². The molecule has 26 heavy (non-hydrogen) atoms. The molecule has 0 unspecified atom stereocenters. The molecule has 0 heterocycles. The summed E-state index contributed by atoms with van der Waals surface area (Å²) in [5.74, 6) is 0. The highest BCUT2D eigenvalue weighted by Gasteiger charge is 2.30. The van der Waals surface area contributed by atoms with Crippen molar-refractivity contribution in [3.8, 4) is 11.1 Å². The lowest BCUT2D eigenvalue weighted by Gasteiger charge is -2.08. The van der Waals surface area contributed by atoms with Crippen molar-refractivity contribution in [3.63, 3.8) is 0 Å². The summed E-state index contributed by atoms with van der Waals surface area (Å²) in [4.78, 5) is 5.24. The van der Waals surface area contributed by atoms with Crippen LogP contribution in [0.4, 0.5) is 13.2 Å². The molecular weight excluding hydrogens is 339 g/mol. The maximum atomic E-state index is 12.7. The average Bonchev–Trinajstić information content (AvgIpc) is 2.66. The van der Waals surface area contributed by atoms with Crippen LogP contribution >= 0.6 is 0 Å². The van der Waals surface area contributed by atoms with Gasteiger partial charge in [0.05, 0.1) is 5.56 Å². The van der Waals surface area contributed by atoms with E-state index in [4.69, 9.17) is 4.84 Å². The molecule has 0 aromatic heterocycles. The van der Waals surface area contributed by atoms with E-state index in [2.05, 4.69) is 11.4 Å². The number of nitrogens with zero attached hydrogens (tertiary/aromatic N) is 1. The fourth-order valence-corrected chi connectivity index (χ4v) is 2.50. The average molecular weight is 354 g/mol. The highest BCUT2D eigenvalue weighted by molar-refractivity contribution is 5.79. The zero-order chi connectivity index (χ0) is 18.4. The van der Waals surface area contributed by atoms with Crippen molar-refractivity contribution in [2.24, 2.45) is 5.16 Å². The fourth-order valence-electron chi connectivity index (χ4n) is 2.50. The standard InChI is InChI=1S/C21H15F3NO/c22-21(23,24)19-11-6-7-16(13-19)14-25-26-15-18-10-4-5-12-20(18)17-8-2-1-3-9-17/h1-13H,15H2. The molecule has 0 amide bonds. The van der Waals surface area contributed by atoms with Crippen LogP contribution < -0.4 is 0 Å². The molecule has 2 nitrogen and oxygen atoms in total. The molecule has 3 aromatic rings. The second-order valence-electron chi connectivity index (χ2n) is 5.58. The Labute approximate surface area is 149 Å². The summed E-state index contributed by atoms with van der Waals surface area (Å²) in [7, 11) is 0. The van der Waals surface area contributed by atoms with Crippen molar-refractivity contribution in [2.75, 3.05) is 0 Å². The lowest BCUT2D eigenvalue weighted by Crippen LogP contribution is -2.05. The van der Waals surface area contributed by atoms with Crippen LogP contribution in [0, 0.1) is 0 Å². The van der Waals surface area contributed by atoms with Gasteiger partial charge >= 0.3 is 6.18 Å². The maximum absolute atomic E-state index is 12.7. The summed E-state index contributed by atoms with van der Waals surface area (Å²) in [6.07, 6.45) is -1.91. The van der Waals surface area contributed by atoms with Crippen LogP contribution in [-0.4, -0.2) is 6.21 Å². The van der Waals surface area contributed by atoms with Crippen molar-refractivity contribution in [2.45, 2.75) is 12.8 Å². The van der Waals surface area contributed by atoms with Gasteiger partial charge in [-0.1, -0.05) is 71.9 Å². The molecule has 0 aliphatic carbocycles. The Hall–Kier alpha value is -3.08. The molecule has 0 saturated carbocycles. The first-order valence-electron chi connectivity index (χ1n) is 7.92. The van der Waals surface area contributed by atoms with Crippen molar-refractivity contribution < 1.29 is 18.0 Å². The summed E-state index contributed by atoms with van der Waals surface area (Å²) >= 11 is 0. The smallest absolute Gasteiger partial charge is 0.390 e. The Morgan fingerprint density at radius 1 is 0.846 bits per heavy atom. The second-order valence-corrected chi connectivity index (χ2v) is 5.58. The lowest BCUT2D eigenvalue weighted by atomic mass is 10.0. The van der Waals surface area contributed by atoms with Crippen LogP contribution in [0.3, 0.4) is 0 Å². The maximum Gasteiger partial charge on any atom is 0.416 e. The van der Waals surface area contributed by atoms with Gasteiger partial charge in [-0.05, 0) is 28.8 Å². The monoisotopic (exact) mass is 354 g/mol. The normalized spacial score (nSPS) is 11.7. The molecule has 3 rings (SSSR count). The number of alkyl halides is 3. The summed E-state index contributed by atoms with van der Waals surface area (Å²) in [5.41, 5.74) is 2.46. The van der Waals surface area contributed by atoms with Crippen LogP contribution in [-0.2, 0) is 17.6 Å². The van der Waals surface area contributed by atoms with Gasteiger partial charge in [-0.2, -0.15) is 13.2 Å². The van der Waals surface area contributed by atoms with Gasteiger partial charge in [0.15, 0.2) is 0 Å². The minimum absolute atomic E-state index is 0.191. The molecule has 0 aliphatic rings. The van der Waals surface area contributed by atoms with Crippen LogP contribution in [0.5, 0.6) is 0 Å². The van der Waals surface area contributed by atoms with Crippen LogP contribution in [0.15, 0.2) is 84.0 Å². The zero-order valence-electron chi connectivity index (χ0n) is 13.7. The number of hydrogen-bond donors (Lipinski definition) is 0. The molecular formula is C21H15F3NO. The zero-order valence-corrected chi connectivity index (χ0v) is 13.7. The number of halogens is 3. The molecule has 5 heteroatoms. The third-order valence-electron chi connectivity index (χ3n) is 3.75. The van der Waals surface area contributed by atoms with E-state index in [0.717, 1.165) is 28.8 Å². The van der Waals surface area contributed by atoms with E-state index in [-0.39, 0.29) is 12.2 Å². The topological polar surface area (TPSA) is 21.6 Å². The van der Waals surface area contributed by atoms with Crippen LogP contribution in [0.1, 0.15) is 16.7 Å². The highest BCUT2D eigenvalue weighted by Crippen LogP contribution is 2.29. The molecule has 3 aromatic carbocycles. The van der Waals surface area contributed by atoms with Crippen molar-refractivity contribution in [3.05, 3.63) is 95.6 Å². The van der Waals surface area contributed by atoms with Gasteiger partial charge in [0.25, 0.3) is 0 Å². The van der Waals surface area contributed by atoms with Gasteiger partial charge in [-0.3, -0.25) is 0 Å². The van der Waals surface area contributed by atoms with E-state index in [9.17, 15) is 13.2 Å². The molecule has 0 fully saturated rings. The first-order valence-corrected chi connectivity index (χ1v) is 7.92. The second kappa shape index (κ2) is 7.87. The number of benzene rings is 3. The Bertz CT molecular complexity index is 889. The van der Waals surface area contributed by atoms with Crippen molar-refractivity contribution in [1.82, 2.24) is 0 Å². The first-order chi connectivity index (χ1) is 12.5. The lowest BCUT2D eigenvalue weighted by molar-refractivity contribution is -0.137. The highest BCUT2D eigenvalue weighted by atomic mass is 19.4. The fraction of sp³-hybridized carbons (Fsp3) is 0.0952. The summed E-state index contributed by atoms with van der Waals surface area (Å²) in [6, 6.07) is 22.3. The van der Waals surface area contributed by atoms with E-state index in [1.165, 1.54) is 12.1 Å². The van der Waals surface area contributed by atoms with Crippen molar-refractivity contribution in [1.29, 1.82) is 0 Å². The molecule has 1 radical (unpaired) electrons. The van der Waals surface area contributed by atoms with Gasteiger partial charge in [0.2, 0.25) is 0 Å². The third-order valence-corrected chi connectivity index (χ3v) is 3.75. The van der Waals surface area contributed by atoms with Gasteiger partial charge < -0.3 is 4.84 Å². The Kier molecular flexibility index (Phi) is 5.37. The molecule has 0 saturated heterocycles. The number of rotatable bonds is 5. The van der Waals surface area contributed by atoms with E-state index in [1.807, 2.05) is 54.6 Å². The van der Waals surface area contributed by atoms with E-state index in [0.29, 0.717) is 0 Å². The van der Waals surface area contributed by atoms with E-state index < -0.39 is 11.7 Å². The Balaban J connectivity index is 1.69. The summed E-state index contributed by atoms with van der Waals surface area (Å²) in [6.45, 7) is 0.191. The molecule has 0 atom stereocenters. The molecule has 0 N–H and O–H groups in total. The first kappa shape index (κ1) is 17.7. The van der Waals surface area contributed by atoms with Crippen LogP contribution in [0.25, 0.3) is 11.1 Å². The van der Waals surface area contributed by atoms with E-state index >= 15 is 0 Å². The minimum atomic E-state index is -4.40. The molecule has 0 bridgehead atoms. The van der Waals surface area contributed by atoms with E-state index in [1.54, 1.807) is 0 Å². The van der Waals surface area contributed by atoms with Gasteiger partial charge in [0.1, 0.15) is 12.8 Å². The SMILES string of the molecule is FC(F)(F)c1cccc(/[C]=N/OCc2ccccc2-c2ccccc2)c1. The third kappa shape index (κ3) is 4.51. The summed E-state index contributed by atoms with van der Waals surface area (Å²) < 4.78 is 38.1. The molecule has 0 aliphatic heterocycles. The van der Waals surface area contributed by atoms with Gasteiger partial charge in [0, 0.05) is 5.56 Å². The molecule has 131 valence electrons. The Morgan fingerprint density at radius 2 is 1.58 bits per heavy atom. The quantitative estimate of drug-likeness (QED) is 0.419. The minimum Gasteiger partial charge on any atom is -0.390 e. The predicted octanol–water partition coefficient (Wildman–Crippen LogP) is 5.80. The number of hydrogen-bond acceptors (Lipinski definition) is 2.